The number of rotatable bonds is 5. The van der Waals surface area contributed by atoms with Gasteiger partial charge in [-0.2, -0.15) is 0 Å². The van der Waals surface area contributed by atoms with Crippen molar-refractivity contribution < 1.29 is 20.1 Å². The Morgan fingerprint density at radius 1 is 0.974 bits per heavy atom. The summed E-state index contributed by atoms with van der Waals surface area (Å²) in [5.41, 5.74) is -0.250. The second-order valence-electron chi connectivity index (χ2n) is 14.5. The topological polar surface area (TPSA) is 81.0 Å². The molecule has 6 aliphatic carbocycles. The molecule has 1 aliphatic heterocycles. The summed E-state index contributed by atoms with van der Waals surface area (Å²) in [5, 5.41) is 33.4. The van der Waals surface area contributed by atoms with Crippen LogP contribution in [0.3, 0.4) is 0 Å². The second-order valence-corrected chi connectivity index (χ2v) is 14.5. The van der Waals surface area contributed by atoms with Crippen LogP contribution in [0.15, 0.2) is 54.1 Å². The molecule has 1 saturated heterocycles. The summed E-state index contributed by atoms with van der Waals surface area (Å²) in [6.07, 6.45) is 14.8. The number of carbonyl (C=O) groups excluding carboxylic acids is 1. The zero-order chi connectivity index (χ0) is 27.3. The first-order valence-electron chi connectivity index (χ1n) is 15.4. The van der Waals surface area contributed by atoms with Crippen LogP contribution in [0.1, 0.15) is 82.0 Å². The molecular weight excluding hydrogens is 486 g/mol. The molecule has 1 aromatic rings. The number of benzene rings is 1. The summed E-state index contributed by atoms with van der Waals surface area (Å²) >= 11 is 0. The zero-order valence-corrected chi connectivity index (χ0v) is 23.6. The van der Waals surface area contributed by atoms with Crippen LogP contribution in [0.4, 0.5) is 0 Å². The molecule has 0 amide bonds. The summed E-state index contributed by atoms with van der Waals surface area (Å²) in [5.74, 6) is 0.597. The fourth-order valence-corrected chi connectivity index (χ4v) is 11.0. The molecule has 9 atom stereocenters. The largest absolute Gasteiger partial charge is 0.395 e. The fraction of sp³-hybridized carbons (Fsp3) is 0.676. The number of β-amino-alcohol motifs (C(OH)–C–C–N with tert-alkyl or cyclic N) is 1. The molecule has 5 nitrogen and oxygen atoms in total. The first kappa shape index (κ1) is 26.1. The van der Waals surface area contributed by atoms with Crippen LogP contribution in [0.2, 0.25) is 0 Å². The van der Waals surface area contributed by atoms with Crippen LogP contribution >= 0.6 is 0 Å². The maximum atomic E-state index is 14.4. The molecule has 1 unspecified atom stereocenters. The predicted molar refractivity (Wildman–Crippen MR) is 151 cm³/mol. The molecule has 3 saturated carbocycles. The number of aliphatic hydroxyl groups excluding tert-OH is 2. The summed E-state index contributed by atoms with van der Waals surface area (Å²) in [4.78, 5) is 16.8. The van der Waals surface area contributed by atoms with Gasteiger partial charge in [0.2, 0.25) is 0 Å². The van der Waals surface area contributed by atoms with Gasteiger partial charge in [-0.15, -0.1) is 0 Å². The number of ketones is 1. The van der Waals surface area contributed by atoms with Crippen molar-refractivity contribution in [1.82, 2.24) is 4.90 Å². The van der Waals surface area contributed by atoms with Gasteiger partial charge in [0.05, 0.1) is 18.3 Å². The molecule has 0 aromatic heterocycles. The molecule has 210 valence electrons. The Hall–Kier alpha value is -1.79. The zero-order valence-electron chi connectivity index (χ0n) is 23.6. The second kappa shape index (κ2) is 8.61. The molecule has 1 aromatic carbocycles. The highest BCUT2D eigenvalue weighted by Gasteiger charge is 2.74. The van der Waals surface area contributed by atoms with Crippen molar-refractivity contribution in [3.63, 3.8) is 0 Å². The Kier molecular flexibility index (Phi) is 5.77. The lowest BCUT2D eigenvalue weighted by Crippen LogP contribution is -2.67. The molecular formula is C34H45NO4. The van der Waals surface area contributed by atoms with Crippen LogP contribution in [-0.4, -0.2) is 63.4 Å². The van der Waals surface area contributed by atoms with Gasteiger partial charge in [0.25, 0.3) is 0 Å². The SMILES string of the molecule is C[C@]12CC[C@H]3[C@]4(C=C[C@@]5(C=C4C(=O)c4ccccc4)CC(O)CC[C@]35C)[C@@H]1CC[C@@]2(O)CN1CCC[C@H]1CO. The van der Waals surface area contributed by atoms with Gasteiger partial charge in [0.1, 0.15) is 0 Å². The minimum atomic E-state index is -0.848. The van der Waals surface area contributed by atoms with Gasteiger partial charge in [-0.1, -0.05) is 62.4 Å². The van der Waals surface area contributed by atoms with Crippen molar-refractivity contribution >= 4 is 5.78 Å². The van der Waals surface area contributed by atoms with E-state index in [0.29, 0.717) is 18.9 Å². The van der Waals surface area contributed by atoms with Gasteiger partial charge in [-0.3, -0.25) is 9.69 Å². The highest BCUT2D eigenvalue weighted by atomic mass is 16.3. The van der Waals surface area contributed by atoms with E-state index >= 15 is 0 Å². The van der Waals surface area contributed by atoms with E-state index in [0.717, 1.165) is 69.0 Å². The lowest BCUT2D eigenvalue weighted by Gasteiger charge is -2.71. The summed E-state index contributed by atoms with van der Waals surface area (Å²) in [7, 11) is 0. The Morgan fingerprint density at radius 2 is 1.69 bits per heavy atom. The number of hydrogen-bond acceptors (Lipinski definition) is 5. The predicted octanol–water partition coefficient (Wildman–Crippen LogP) is 4.92. The molecule has 0 radical (unpaired) electrons. The molecule has 5 heteroatoms. The van der Waals surface area contributed by atoms with Crippen molar-refractivity contribution in [2.75, 3.05) is 19.7 Å². The average Bonchev–Trinajstić information content (AvgIpc) is 3.49. The van der Waals surface area contributed by atoms with E-state index in [1.54, 1.807) is 0 Å². The maximum absolute atomic E-state index is 14.4. The number of likely N-dealkylation sites (tertiary alicyclic amines) is 1. The van der Waals surface area contributed by atoms with Crippen molar-refractivity contribution in [3.8, 4) is 0 Å². The van der Waals surface area contributed by atoms with E-state index in [2.05, 4.69) is 37.0 Å². The molecule has 1 heterocycles. The van der Waals surface area contributed by atoms with Crippen LogP contribution in [0.5, 0.6) is 0 Å². The number of allylic oxidation sites excluding steroid dienone is 4. The van der Waals surface area contributed by atoms with E-state index in [9.17, 15) is 20.1 Å². The third kappa shape index (κ3) is 3.25. The van der Waals surface area contributed by atoms with Gasteiger partial charge in [-0.25, -0.2) is 0 Å². The Bertz CT molecular complexity index is 1230. The minimum absolute atomic E-state index is 0.0135. The van der Waals surface area contributed by atoms with Gasteiger partial charge in [-0.05, 0) is 81.6 Å². The molecule has 2 spiro atoms. The normalized spacial score (nSPS) is 48.4. The number of fused-ring (bicyclic) bond motifs is 1. The van der Waals surface area contributed by atoms with Crippen LogP contribution in [0.25, 0.3) is 0 Å². The quantitative estimate of drug-likeness (QED) is 0.371. The number of Topliss-reactive ketones (excluding diaryl/α,β-unsaturated/α-hetero) is 1. The monoisotopic (exact) mass is 531 g/mol. The van der Waals surface area contributed by atoms with Crippen molar-refractivity contribution in [1.29, 1.82) is 0 Å². The summed E-state index contributed by atoms with van der Waals surface area (Å²) < 4.78 is 0. The van der Waals surface area contributed by atoms with E-state index in [1.807, 2.05) is 30.3 Å². The van der Waals surface area contributed by atoms with Gasteiger partial charge in [0.15, 0.2) is 5.78 Å². The number of nitrogens with zero attached hydrogens (tertiary/aromatic N) is 1. The highest BCUT2D eigenvalue weighted by molar-refractivity contribution is 6.10. The van der Waals surface area contributed by atoms with Crippen LogP contribution in [-0.2, 0) is 0 Å². The lowest BCUT2D eigenvalue weighted by molar-refractivity contribution is -0.177. The first-order valence-corrected chi connectivity index (χ1v) is 15.4. The van der Waals surface area contributed by atoms with Crippen LogP contribution < -0.4 is 0 Å². The minimum Gasteiger partial charge on any atom is -0.395 e. The van der Waals surface area contributed by atoms with Gasteiger partial charge >= 0.3 is 0 Å². The lowest BCUT2D eigenvalue weighted by atomic mass is 9.32. The third-order valence-electron chi connectivity index (χ3n) is 13.2. The Balaban J connectivity index is 1.36. The summed E-state index contributed by atoms with van der Waals surface area (Å²) in [6.45, 7) is 6.43. The molecule has 4 fully saturated rings. The van der Waals surface area contributed by atoms with Crippen molar-refractivity contribution in [3.05, 3.63) is 59.7 Å². The van der Waals surface area contributed by atoms with Crippen LogP contribution in [0, 0.1) is 33.5 Å². The summed E-state index contributed by atoms with van der Waals surface area (Å²) in [6, 6.07) is 9.85. The van der Waals surface area contributed by atoms with Gasteiger partial charge < -0.3 is 15.3 Å². The Labute approximate surface area is 233 Å². The van der Waals surface area contributed by atoms with Crippen molar-refractivity contribution in [2.45, 2.75) is 89.4 Å². The third-order valence-corrected chi connectivity index (χ3v) is 13.2. The average molecular weight is 532 g/mol. The number of carbonyl (C=O) groups is 1. The first-order chi connectivity index (χ1) is 18.6. The Morgan fingerprint density at radius 3 is 2.46 bits per heavy atom. The smallest absolute Gasteiger partial charge is 0.189 e. The molecule has 7 aliphatic rings. The fourth-order valence-electron chi connectivity index (χ4n) is 11.0. The highest BCUT2D eigenvalue weighted by Crippen LogP contribution is 2.78. The van der Waals surface area contributed by atoms with Crippen molar-refractivity contribution in [2.24, 2.45) is 33.5 Å². The number of aliphatic hydroxyl groups is 3. The van der Waals surface area contributed by atoms with E-state index in [-0.39, 0.29) is 46.7 Å². The van der Waals surface area contributed by atoms with E-state index in [1.165, 1.54) is 0 Å². The standard InChI is InChI=1S/C34H45NO4/c1-30-13-10-25(37)19-32(30)16-17-34(26(20-32)29(38)23-7-4-3-5-8-23)27(30)11-14-31(2)28(34)12-15-33(31,39)22-35-18-6-9-24(35)21-36/h3-5,7-8,16-17,20,24-25,27-28,36-37,39H,6,9-15,18-19,21-22H2,1-2H3/t24-,25?,27+,28+,30+,31-,32-,33+,34+/m0/s1. The molecule has 39 heavy (non-hydrogen) atoms. The molecule has 3 N–H and O–H groups in total. The molecule has 2 bridgehead atoms. The van der Waals surface area contributed by atoms with Gasteiger partial charge in [0, 0.05) is 40.0 Å². The van der Waals surface area contributed by atoms with E-state index in [4.69, 9.17) is 0 Å². The molecule has 8 rings (SSSR count). The number of hydrogen-bond donors (Lipinski definition) is 3. The maximum Gasteiger partial charge on any atom is 0.189 e. The van der Waals surface area contributed by atoms with E-state index < -0.39 is 11.0 Å².